The van der Waals surface area contributed by atoms with E-state index < -0.39 is 0 Å². The van der Waals surface area contributed by atoms with E-state index in [4.69, 9.17) is 0 Å². The van der Waals surface area contributed by atoms with Gasteiger partial charge >= 0.3 is 0 Å². The van der Waals surface area contributed by atoms with Crippen molar-refractivity contribution in [2.45, 2.75) is 19.3 Å². The number of nitrogens with one attached hydrogen (secondary N) is 1. The molecule has 0 aliphatic heterocycles. The average molecular weight is 266 g/mol. The van der Waals surface area contributed by atoms with Crippen LogP contribution in [0.5, 0.6) is 0 Å². The molecule has 0 heterocycles. The summed E-state index contributed by atoms with van der Waals surface area (Å²) in [6, 6.07) is 21.1. The Morgan fingerprint density at radius 3 is 1.95 bits per heavy atom. The van der Waals surface area contributed by atoms with Gasteiger partial charge in [0.15, 0.2) is 0 Å². The third kappa shape index (κ3) is 4.88. The highest BCUT2D eigenvalue weighted by molar-refractivity contribution is 5.82. The van der Waals surface area contributed by atoms with E-state index in [2.05, 4.69) is 71.0 Å². The molecule has 0 aliphatic rings. The second-order valence-electron chi connectivity index (χ2n) is 4.82. The summed E-state index contributed by atoms with van der Waals surface area (Å²) >= 11 is 0. The number of rotatable bonds is 6. The summed E-state index contributed by atoms with van der Waals surface area (Å²) in [6.07, 6.45) is 3.03. The Morgan fingerprint density at radius 2 is 1.40 bits per heavy atom. The highest BCUT2D eigenvalue weighted by Crippen LogP contribution is 2.03. The summed E-state index contributed by atoms with van der Waals surface area (Å²) in [6.45, 7) is 0.936. The molecule has 2 aromatic carbocycles. The van der Waals surface area contributed by atoms with E-state index in [9.17, 15) is 0 Å². The molecule has 20 heavy (non-hydrogen) atoms. The zero-order valence-electron chi connectivity index (χ0n) is 12.0. The van der Waals surface area contributed by atoms with Crippen molar-refractivity contribution in [3.8, 4) is 0 Å². The Bertz CT molecular complexity index is 518. The lowest BCUT2D eigenvalue weighted by Gasteiger charge is -2.09. The maximum atomic E-state index is 4.34. The normalized spacial score (nSPS) is 11.3. The first-order valence-electron chi connectivity index (χ1n) is 7.16. The molecule has 0 aliphatic carbocycles. The Hall–Kier alpha value is -2.09. The van der Waals surface area contributed by atoms with Gasteiger partial charge in [-0.05, 0) is 24.0 Å². The fraction of sp³-hybridized carbons (Fsp3) is 0.278. The van der Waals surface area contributed by atoms with Gasteiger partial charge in [-0.25, -0.2) is 0 Å². The molecule has 2 aromatic rings. The molecule has 2 rings (SSSR count). The first-order chi connectivity index (χ1) is 9.88. The molecule has 1 N–H and O–H groups in total. The first-order valence-corrected chi connectivity index (χ1v) is 7.16. The van der Waals surface area contributed by atoms with Gasteiger partial charge in [-0.3, -0.25) is 4.99 Å². The molecule has 0 spiro atoms. The van der Waals surface area contributed by atoms with Crippen molar-refractivity contribution in [2.24, 2.45) is 4.99 Å². The van der Waals surface area contributed by atoms with E-state index in [1.807, 2.05) is 7.05 Å². The van der Waals surface area contributed by atoms with Gasteiger partial charge in [-0.1, -0.05) is 60.7 Å². The lowest BCUT2D eigenvalue weighted by atomic mass is 10.1. The van der Waals surface area contributed by atoms with E-state index in [1.165, 1.54) is 11.1 Å². The molecule has 0 saturated carbocycles. The van der Waals surface area contributed by atoms with E-state index in [0.29, 0.717) is 0 Å². The SMILES string of the molecule is C/N=C(\CCc1ccccc1)NCCc1ccccc1. The van der Waals surface area contributed by atoms with Crippen molar-refractivity contribution in [3.63, 3.8) is 0 Å². The molecule has 0 aromatic heterocycles. The second kappa shape index (κ2) is 8.16. The number of nitrogens with zero attached hydrogens (tertiary/aromatic N) is 1. The van der Waals surface area contributed by atoms with E-state index in [-0.39, 0.29) is 0 Å². The summed E-state index contributed by atoms with van der Waals surface area (Å²) in [5.74, 6) is 1.09. The maximum Gasteiger partial charge on any atom is 0.0963 e. The quantitative estimate of drug-likeness (QED) is 0.628. The Labute approximate surface area is 121 Å². The third-order valence-corrected chi connectivity index (χ3v) is 3.35. The van der Waals surface area contributed by atoms with Gasteiger partial charge in [0.05, 0.1) is 5.84 Å². The highest BCUT2D eigenvalue weighted by Gasteiger charge is 1.99. The lowest BCUT2D eigenvalue weighted by Crippen LogP contribution is -2.26. The van der Waals surface area contributed by atoms with E-state index in [1.54, 1.807) is 0 Å². The summed E-state index contributed by atoms with van der Waals surface area (Å²) in [7, 11) is 1.86. The minimum atomic E-state index is 0.936. The molecule has 0 bridgehead atoms. The van der Waals surface area contributed by atoms with Crippen molar-refractivity contribution in [3.05, 3.63) is 71.8 Å². The number of hydrogen-bond donors (Lipinski definition) is 1. The standard InChI is InChI=1S/C18H22N2/c1-19-18(13-12-16-8-4-2-5-9-16)20-15-14-17-10-6-3-7-11-17/h2-11H,12-15H2,1H3,(H,19,20). The molecule has 0 radical (unpaired) electrons. The van der Waals surface area contributed by atoms with Crippen LogP contribution in [0.15, 0.2) is 65.7 Å². The predicted octanol–water partition coefficient (Wildman–Crippen LogP) is 3.48. The van der Waals surface area contributed by atoms with Crippen molar-refractivity contribution in [1.82, 2.24) is 5.32 Å². The fourth-order valence-corrected chi connectivity index (χ4v) is 2.18. The minimum Gasteiger partial charge on any atom is -0.374 e. The first kappa shape index (κ1) is 14.3. The zero-order chi connectivity index (χ0) is 14.0. The zero-order valence-corrected chi connectivity index (χ0v) is 12.0. The largest absolute Gasteiger partial charge is 0.374 e. The van der Waals surface area contributed by atoms with Crippen LogP contribution in [0.3, 0.4) is 0 Å². The van der Waals surface area contributed by atoms with Gasteiger partial charge in [0.25, 0.3) is 0 Å². The summed E-state index contributed by atoms with van der Waals surface area (Å²) < 4.78 is 0. The molecule has 104 valence electrons. The number of benzene rings is 2. The van der Waals surface area contributed by atoms with Gasteiger partial charge in [-0.2, -0.15) is 0 Å². The van der Waals surface area contributed by atoms with Crippen LogP contribution in [0, 0.1) is 0 Å². The molecule has 0 saturated heterocycles. The summed E-state index contributed by atoms with van der Waals surface area (Å²) in [4.78, 5) is 4.34. The lowest BCUT2D eigenvalue weighted by molar-refractivity contribution is 0.834. The Morgan fingerprint density at radius 1 is 0.850 bits per heavy atom. The average Bonchev–Trinajstić information content (AvgIpc) is 2.52. The third-order valence-electron chi connectivity index (χ3n) is 3.35. The molecule has 0 atom stereocenters. The van der Waals surface area contributed by atoms with Crippen LogP contribution in [0.2, 0.25) is 0 Å². The minimum absolute atomic E-state index is 0.936. The van der Waals surface area contributed by atoms with Gasteiger partial charge < -0.3 is 5.32 Å². The molecule has 0 unspecified atom stereocenters. The molecule has 2 heteroatoms. The smallest absolute Gasteiger partial charge is 0.0963 e. The van der Waals surface area contributed by atoms with Crippen molar-refractivity contribution in [1.29, 1.82) is 0 Å². The van der Waals surface area contributed by atoms with Crippen molar-refractivity contribution >= 4 is 5.84 Å². The molecule has 0 amide bonds. The fourth-order valence-electron chi connectivity index (χ4n) is 2.18. The van der Waals surface area contributed by atoms with Crippen LogP contribution in [0.25, 0.3) is 0 Å². The van der Waals surface area contributed by atoms with Crippen LogP contribution in [-0.4, -0.2) is 19.4 Å². The Kier molecular flexibility index (Phi) is 5.84. The van der Waals surface area contributed by atoms with Crippen molar-refractivity contribution in [2.75, 3.05) is 13.6 Å². The molecule has 2 nitrogen and oxygen atoms in total. The van der Waals surface area contributed by atoms with E-state index in [0.717, 1.165) is 31.6 Å². The van der Waals surface area contributed by atoms with Crippen LogP contribution < -0.4 is 5.32 Å². The van der Waals surface area contributed by atoms with Crippen LogP contribution in [0.1, 0.15) is 17.5 Å². The maximum absolute atomic E-state index is 4.34. The topological polar surface area (TPSA) is 24.4 Å². The van der Waals surface area contributed by atoms with Crippen LogP contribution in [-0.2, 0) is 12.8 Å². The van der Waals surface area contributed by atoms with E-state index >= 15 is 0 Å². The highest BCUT2D eigenvalue weighted by atomic mass is 15.0. The van der Waals surface area contributed by atoms with Crippen LogP contribution >= 0.6 is 0 Å². The van der Waals surface area contributed by atoms with Gasteiger partial charge in [0.1, 0.15) is 0 Å². The molecular weight excluding hydrogens is 244 g/mol. The van der Waals surface area contributed by atoms with Gasteiger partial charge in [0, 0.05) is 20.0 Å². The number of aliphatic imine (C=N–C) groups is 1. The van der Waals surface area contributed by atoms with Crippen LogP contribution in [0.4, 0.5) is 0 Å². The molecular formula is C18H22N2. The second-order valence-corrected chi connectivity index (χ2v) is 4.82. The molecule has 0 fully saturated rings. The van der Waals surface area contributed by atoms with Crippen molar-refractivity contribution < 1.29 is 0 Å². The number of hydrogen-bond acceptors (Lipinski definition) is 1. The van der Waals surface area contributed by atoms with Gasteiger partial charge in [-0.15, -0.1) is 0 Å². The van der Waals surface area contributed by atoms with Gasteiger partial charge in [0.2, 0.25) is 0 Å². The number of aryl methyl sites for hydroxylation is 1. The predicted molar refractivity (Wildman–Crippen MR) is 86.3 cm³/mol. The summed E-state index contributed by atoms with van der Waals surface area (Å²) in [5.41, 5.74) is 2.72. The Balaban J connectivity index is 1.73. The monoisotopic (exact) mass is 266 g/mol. The summed E-state index contributed by atoms with van der Waals surface area (Å²) in [5, 5.41) is 3.44. The number of amidine groups is 1.